The quantitative estimate of drug-likeness (QED) is 0.789. The third-order valence-electron chi connectivity index (χ3n) is 5.96. The van der Waals surface area contributed by atoms with Crippen LogP contribution in [0.1, 0.15) is 32.6 Å². The number of ether oxygens (including phenoxy) is 1. The van der Waals surface area contributed by atoms with Crippen LogP contribution in [0, 0.1) is 5.82 Å². The molecule has 6 nitrogen and oxygen atoms in total. The highest BCUT2D eigenvalue weighted by molar-refractivity contribution is 5.87. The van der Waals surface area contributed by atoms with Crippen LogP contribution in [0.25, 0.3) is 0 Å². The van der Waals surface area contributed by atoms with Crippen LogP contribution in [0.3, 0.4) is 0 Å². The second-order valence-electron chi connectivity index (χ2n) is 8.07. The summed E-state index contributed by atoms with van der Waals surface area (Å²) in [6.45, 7) is 5.24. The predicted molar refractivity (Wildman–Crippen MR) is 102 cm³/mol. The number of carbonyl (C=O) groups excluding carboxylic acids is 2. The van der Waals surface area contributed by atoms with Crippen molar-refractivity contribution in [1.29, 1.82) is 0 Å². The van der Waals surface area contributed by atoms with Gasteiger partial charge >= 0.3 is 0 Å². The van der Waals surface area contributed by atoms with Crippen LogP contribution in [0.2, 0.25) is 0 Å². The van der Waals surface area contributed by atoms with Gasteiger partial charge in [0, 0.05) is 51.6 Å². The topological polar surface area (TPSA) is 53.1 Å². The molecule has 0 bridgehead atoms. The number of likely N-dealkylation sites (tertiary alicyclic amines) is 1. The summed E-state index contributed by atoms with van der Waals surface area (Å²) in [6.07, 6.45) is 3.65. The van der Waals surface area contributed by atoms with Gasteiger partial charge in [0.25, 0.3) is 0 Å². The number of hydrogen-bond donors (Lipinski definition) is 0. The molecule has 0 spiro atoms. The van der Waals surface area contributed by atoms with Gasteiger partial charge in [-0.05, 0) is 31.4 Å². The summed E-state index contributed by atoms with van der Waals surface area (Å²) in [5.41, 5.74) is 0. The van der Waals surface area contributed by atoms with Gasteiger partial charge in [0.2, 0.25) is 11.8 Å². The number of amides is 2. The SMILES string of the molecule is CC(=O)N1CC(Oc2cccc(F)c2)CC1C(=O)N1CCCN(C2CC2)CC1. The lowest BCUT2D eigenvalue weighted by atomic mass is 10.1. The summed E-state index contributed by atoms with van der Waals surface area (Å²) in [4.78, 5) is 31.4. The van der Waals surface area contributed by atoms with Gasteiger partial charge in [-0.1, -0.05) is 6.07 Å². The fourth-order valence-electron chi connectivity index (χ4n) is 4.37. The fraction of sp³-hybridized carbons (Fsp3) is 0.619. The van der Waals surface area contributed by atoms with Crippen molar-refractivity contribution in [1.82, 2.24) is 14.7 Å². The van der Waals surface area contributed by atoms with Crippen LogP contribution in [-0.4, -0.2) is 77.4 Å². The summed E-state index contributed by atoms with van der Waals surface area (Å²) in [6, 6.07) is 6.18. The Bertz CT molecular complexity index is 739. The lowest BCUT2D eigenvalue weighted by molar-refractivity contribution is -0.142. The molecule has 1 saturated carbocycles. The lowest BCUT2D eigenvalue weighted by Crippen LogP contribution is -2.48. The van der Waals surface area contributed by atoms with E-state index in [0.717, 1.165) is 26.1 Å². The van der Waals surface area contributed by atoms with Crippen LogP contribution in [0.5, 0.6) is 5.75 Å². The van der Waals surface area contributed by atoms with Gasteiger partial charge in [-0.3, -0.25) is 14.5 Å². The molecular formula is C21H28FN3O3. The summed E-state index contributed by atoms with van der Waals surface area (Å²) in [5.74, 6) is -0.0518. The van der Waals surface area contributed by atoms with Gasteiger partial charge in [0.15, 0.2) is 0 Å². The van der Waals surface area contributed by atoms with Gasteiger partial charge in [-0.2, -0.15) is 0 Å². The van der Waals surface area contributed by atoms with Crippen molar-refractivity contribution < 1.29 is 18.7 Å². The molecule has 2 atom stereocenters. The Morgan fingerprint density at radius 1 is 1.14 bits per heavy atom. The van der Waals surface area contributed by atoms with Crippen molar-refractivity contribution in [3.8, 4) is 5.75 Å². The molecule has 4 rings (SSSR count). The molecule has 3 aliphatic rings. The Hall–Kier alpha value is -2.15. The maximum atomic E-state index is 13.4. The Balaban J connectivity index is 1.41. The number of carbonyl (C=O) groups is 2. The monoisotopic (exact) mass is 389 g/mol. The number of nitrogens with zero attached hydrogens (tertiary/aromatic N) is 3. The standard InChI is InChI=1S/C21H28FN3O3/c1-15(26)25-14-19(28-18-5-2-4-16(22)12-18)13-20(25)21(27)24-9-3-8-23(10-11-24)17-6-7-17/h2,4-5,12,17,19-20H,3,6-11,13-14H2,1H3. The first-order valence-corrected chi connectivity index (χ1v) is 10.2. The maximum Gasteiger partial charge on any atom is 0.245 e. The van der Waals surface area contributed by atoms with Crippen LogP contribution < -0.4 is 4.74 Å². The molecule has 0 radical (unpaired) electrons. The molecule has 2 amide bonds. The molecule has 1 aromatic rings. The second-order valence-corrected chi connectivity index (χ2v) is 8.07. The van der Waals surface area contributed by atoms with E-state index in [4.69, 9.17) is 4.74 Å². The van der Waals surface area contributed by atoms with Crippen molar-refractivity contribution in [2.45, 2.75) is 50.8 Å². The first-order chi connectivity index (χ1) is 13.5. The number of halogens is 1. The minimum atomic E-state index is -0.497. The first-order valence-electron chi connectivity index (χ1n) is 10.2. The molecule has 28 heavy (non-hydrogen) atoms. The molecule has 152 valence electrons. The average molecular weight is 389 g/mol. The number of benzene rings is 1. The van der Waals surface area contributed by atoms with Crippen molar-refractivity contribution in [2.75, 3.05) is 32.7 Å². The Morgan fingerprint density at radius 3 is 2.68 bits per heavy atom. The Labute approximate surface area is 165 Å². The van der Waals surface area contributed by atoms with Crippen molar-refractivity contribution >= 4 is 11.8 Å². The molecule has 3 fully saturated rings. The van der Waals surface area contributed by atoms with Gasteiger partial charge in [0.05, 0.1) is 6.54 Å². The third kappa shape index (κ3) is 4.29. The molecule has 1 aliphatic carbocycles. The number of rotatable bonds is 4. The van der Waals surface area contributed by atoms with Crippen molar-refractivity contribution in [3.63, 3.8) is 0 Å². The summed E-state index contributed by atoms with van der Waals surface area (Å²) < 4.78 is 19.3. The molecule has 2 heterocycles. The van der Waals surface area contributed by atoms with E-state index in [0.29, 0.717) is 31.3 Å². The lowest BCUT2D eigenvalue weighted by Gasteiger charge is -2.28. The van der Waals surface area contributed by atoms with Crippen LogP contribution in [0.15, 0.2) is 24.3 Å². The highest BCUT2D eigenvalue weighted by Gasteiger charge is 2.42. The van der Waals surface area contributed by atoms with E-state index >= 15 is 0 Å². The Morgan fingerprint density at radius 2 is 1.96 bits per heavy atom. The van der Waals surface area contributed by atoms with E-state index in [-0.39, 0.29) is 23.7 Å². The van der Waals surface area contributed by atoms with Crippen LogP contribution in [0.4, 0.5) is 4.39 Å². The minimum Gasteiger partial charge on any atom is -0.488 e. The van der Waals surface area contributed by atoms with Crippen LogP contribution >= 0.6 is 0 Å². The summed E-state index contributed by atoms with van der Waals surface area (Å²) >= 11 is 0. The number of hydrogen-bond acceptors (Lipinski definition) is 4. The van der Waals surface area contributed by atoms with E-state index in [1.54, 1.807) is 17.0 Å². The molecule has 7 heteroatoms. The van der Waals surface area contributed by atoms with Gasteiger partial charge < -0.3 is 14.5 Å². The molecule has 2 aliphatic heterocycles. The Kier molecular flexibility index (Phi) is 5.53. The zero-order chi connectivity index (χ0) is 19.7. The van der Waals surface area contributed by atoms with Crippen molar-refractivity contribution in [2.24, 2.45) is 0 Å². The molecular weight excluding hydrogens is 361 g/mol. The molecule has 0 N–H and O–H groups in total. The second kappa shape index (κ2) is 8.07. The predicted octanol–water partition coefficient (Wildman–Crippen LogP) is 1.89. The van der Waals surface area contributed by atoms with E-state index in [9.17, 15) is 14.0 Å². The zero-order valence-corrected chi connectivity index (χ0v) is 16.3. The molecule has 1 aromatic carbocycles. The smallest absolute Gasteiger partial charge is 0.245 e. The van der Waals surface area contributed by atoms with E-state index in [1.807, 2.05) is 4.90 Å². The minimum absolute atomic E-state index is 0.0122. The zero-order valence-electron chi connectivity index (χ0n) is 16.3. The summed E-state index contributed by atoms with van der Waals surface area (Å²) in [5, 5.41) is 0. The van der Waals surface area contributed by atoms with Crippen molar-refractivity contribution in [3.05, 3.63) is 30.1 Å². The van der Waals surface area contributed by atoms with E-state index in [1.165, 1.54) is 31.9 Å². The molecule has 2 saturated heterocycles. The molecule has 0 aromatic heterocycles. The average Bonchev–Trinajstić information content (AvgIpc) is 3.44. The summed E-state index contributed by atoms with van der Waals surface area (Å²) in [7, 11) is 0. The maximum absolute atomic E-state index is 13.4. The fourth-order valence-corrected chi connectivity index (χ4v) is 4.37. The third-order valence-corrected chi connectivity index (χ3v) is 5.96. The first kappa shape index (κ1) is 19.2. The highest BCUT2D eigenvalue weighted by atomic mass is 19.1. The highest BCUT2D eigenvalue weighted by Crippen LogP contribution is 2.29. The van der Waals surface area contributed by atoms with E-state index in [2.05, 4.69) is 4.90 Å². The van der Waals surface area contributed by atoms with E-state index < -0.39 is 6.04 Å². The largest absolute Gasteiger partial charge is 0.488 e. The molecule has 2 unspecified atom stereocenters. The van der Waals surface area contributed by atoms with Crippen LogP contribution in [-0.2, 0) is 9.59 Å². The van der Waals surface area contributed by atoms with Gasteiger partial charge in [-0.25, -0.2) is 4.39 Å². The van der Waals surface area contributed by atoms with Gasteiger partial charge in [-0.15, -0.1) is 0 Å². The normalized spacial score (nSPS) is 26.2. The van der Waals surface area contributed by atoms with Gasteiger partial charge in [0.1, 0.15) is 23.7 Å².